The van der Waals surface area contributed by atoms with E-state index in [2.05, 4.69) is 69.4 Å². The Bertz CT molecular complexity index is 1410. The van der Waals surface area contributed by atoms with Gasteiger partial charge in [-0.15, -0.1) is 0 Å². The molecule has 6 heteroatoms. The second-order valence-electron chi connectivity index (χ2n) is 24.8. The molecule has 1 unspecified atom stereocenters. The largest absolute Gasteiger partial charge is 0.462 e. The van der Waals surface area contributed by atoms with Crippen molar-refractivity contribution in [1.29, 1.82) is 0 Å². The smallest absolute Gasteiger partial charge is 0.306 e. The molecule has 0 spiro atoms. The maximum atomic E-state index is 13.0. The van der Waals surface area contributed by atoms with Crippen LogP contribution in [0.2, 0.25) is 0 Å². The summed E-state index contributed by atoms with van der Waals surface area (Å²) in [7, 11) is 0. The predicted octanol–water partition coefficient (Wildman–Crippen LogP) is 25.3. The zero-order valence-corrected chi connectivity index (χ0v) is 55.3. The highest BCUT2D eigenvalue weighted by Crippen LogP contribution is 2.19. The molecule has 0 fully saturated rings. The molecule has 0 heterocycles. The van der Waals surface area contributed by atoms with E-state index in [0.29, 0.717) is 19.3 Å². The van der Waals surface area contributed by atoms with E-state index in [1.165, 1.54) is 276 Å². The van der Waals surface area contributed by atoms with Gasteiger partial charge in [0.1, 0.15) is 13.2 Å². The van der Waals surface area contributed by atoms with Gasteiger partial charge in [-0.2, -0.15) is 0 Å². The van der Waals surface area contributed by atoms with E-state index in [-0.39, 0.29) is 31.1 Å². The van der Waals surface area contributed by atoms with Crippen molar-refractivity contribution >= 4 is 17.9 Å². The fourth-order valence-electron chi connectivity index (χ4n) is 11.1. The molecule has 1 atom stereocenters. The van der Waals surface area contributed by atoms with E-state index in [4.69, 9.17) is 14.2 Å². The summed E-state index contributed by atoms with van der Waals surface area (Å²) in [5.41, 5.74) is 0. The van der Waals surface area contributed by atoms with Crippen LogP contribution in [0.25, 0.3) is 0 Å². The summed E-state index contributed by atoms with van der Waals surface area (Å²) < 4.78 is 17.0. The van der Waals surface area contributed by atoms with E-state index in [1.54, 1.807) is 0 Å². The molecule has 0 aliphatic heterocycles. The molecule has 0 saturated heterocycles. The molecule has 0 N–H and O–H groups in total. The molecule has 0 amide bonds. The van der Waals surface area contributed by atoms with Crippen molar-refractivity contribution in [2.24, 2.45) is 0 Å². The maximum Gasteiger partial charge on any atom is 0.306 e. The number of ether oxygens (including phenoxy) is 3. The zero-order valence-electron chi connectivity index (χ0n) is 55.3. The minimum Gasteiger partial charge on any atom is -0.462 e. The number of hydrogen-bond acceptors (Lipinski definition) is 6. The van der Waals surface area contributed by atoms with E-state index in [0.717, 1.165) is 83.5 Å². The highest BCUT2D eigenvalue weighted by molar-refractivity contribution is 5.71. The van der Waals surface area contributed by atoms with Crippen molar-refractivity contribution in [2.75, 3.05) is 13.2 Å². The molecule has 0 aromatic rings. The van der Waals surface area contributed by atoms with E-state index >= 15 is 0 Å². The Hall–Kier alpha value is -2.63. The summed E-state index contributed by atoms with van der Waals surface area (Å²) in [6.45, 7) is 6.61. The van der Waals surface area contributed by atoms with Gasteiger partial charge in [-0.05, 0) is 57.8 Å². The van der Waals surface area contributed by atoms with Crippen LogP contribution in [0.3, 0.4) is 0 Å². The number of esters is 3. The standard InChI is InChI=1S/C76H140O6/c1-4-7-10-13-16-19-22-25-28-30-32-33-34-35-36-37-38-39-40-41-42-43-45-46-48-51-54-57-60-63-66-69-75(78)81-72-73(71-80-74(77)68-65-62-59-56-53-50-27-24-21-18-15-12-9-6-3)82-76(79)70-67-64-61-58-55-52-49-47-44-31-29-26-23-20-17-14-11-8-5-2/h7,10,16,19,25,28,32-33,73H,4-6,8-9,11-15,17-18,20-24,26-27,29-31,34-72H2,1-3H3/b10-7-,19-16-,28-25-,33-32-. The SMILES string of the molecule is CC/C=C\C/C=C\C/C=C\C/C=C\CCCCCCCCCCCCCCCCCCCCC(=O)OCC(COC(=O)CCCCCCCCCCCCCCCC)OC(=O)CCCCCCCCCCCCCCCCCCCCC. The van der Waals surface area contributed by atoms with Crippen molar-refractivity contribution in [3.05, 3.63) is 48.6 Å². The van der Waals surface area contributed by atoms with Gasteiger partial charge < -0.3 is 14.2 Å². The maximum absolute atomic E-state index is 13.0. The van der Waals surface area contributed by atoms with Gasteiger partial charge in [0.15, 0.2) is 6.10 Å². The Morgan fingerprint density at radius 1 is 0.256 bits per heavy atom. The van der Waals surface area contributed by atoms with Crippen molar-refractivity contribution in [3.8, 4) is 0 Å². The Kier molecular flexibility index (Phi) is 68.6. The first kappa shape index (κ1) is 79.4. The molecule has 0 bridgehead atoms. The lowest BCUT2D eigenvalue weighted by molar-refractivity contribution is -0.167. The Morgan fingerprint density at radius 3 is 0.744 bits per heavy atom. The molecule has 0 saturated carbocycles. The molecule has 0 aromatic heterocycles. The number of carbonyl (C=O) groups excluding carboxylic acids is 3. The second kappa shape index (κ2) is 70.9. The summed E-state index contributed by atoms with van der Waals surface area (Å²) in [4.78, 5) is 38.5. The lowest BCUT2D eigenvalue weighted by Gasteiger charge is -2.18. The van der Waals surface area contributed by atoms with Gasteiger partial charge >= 0.3 is 17.9 Å². The fraction of sp³-hybridized carbons (Fsp3) is 0.855. The third-order valence-electron chi connectivity index (χ3n) is 16.6. The van der Waals surface area contributed by atoms with Crippen LogP contribution >= 0.6 is 0 Å². The first-order valence-corrected chi connectivity index (χ1v) is 36.6. The van der Waals surface area contributed by atoms with E-state index in [9.17, 15) is 14.4 Å². The third-order valence-corrected chi connectivity index (χ3v) is 16.6. The predicted molar refractivity (Wildman–Crippen MR) is 358 cm³/mol. The van der Waals surface area contributed by atoms with Gasteiger partial charge in [0, 0.05) is 19.3 Å². The molecule has 480 valence electrons. The van der Waals surface area contributed by atoms with E-state index < -0.39 is 6.10 Å². The van der Waals surface area contributed by atoms with Gasteiger partial charge in [-0.1, -0.05) is 371 Å². The van der Waals surface area contributed by atoms with Crippen LogP contribution in [0.15, 0.2) is 48.6 Å². The van der Waals surface area contributed by atoms with Crippen molar-refractivity contribution in [2.45, 2.75) is 406 Å². The van der Waals surface area contributed by atoms with Crippen LogP contribution in [0.1, 0.15) is 400 Å². The Morgan fingerprint density at radius 2 is 0.476 bits per heavy atom. The van der Waals surface area contributed by atoms with Crippen LogP contribution in [-0.4, -0.2) is 37.2 Å². The first-order chi connectivity index (χ1) is 40.5. The minimum atomic E-state index is -0.768. The summed E-state index contributed by atoms with van der Waals surface area (Å²) in [6.07, 6.45) is 90.1. The van der Waals surface area contributed by atoms with Gasteiger partial charge in [0.25, 0.3) is 0 Å². The summed E-state index contributed by atoms with van der Waals surface area (Å²) in [5.74, 6) is -0.831. The number of hydrogen-bond donors (Lipinski definition) is 0. The summed E-state index contributed by atoms with van der Waals surface area (Å²) in [5, 5.41) is 0. The van der Waals surface area contributed by atoms with Gasteiger partial charge in [0.2, 0.25) is 0 Å². The molecule has 82 heavy (non-hydrogen) atoms. The lowest BCUT2D eigenvalue weighted by Crippen LogP contribution is -2.30. The van der Waals surface area contributed by atoms with Gasteiger partial charge in [0.05, 0.1) is 0 Å². The highest BCUT2D eigenvalue weighted by atomic mass is 16.6. The fourth-order valence-corrected chi connectivity index (χ4v) is 11.1. The van der Waals surface area contributed by atoms with Crippen LogP contribution in [0, 0.1) is 0 Å². The normalized spacial score (nSPS) is 12.3. The Balaban J connectivity index is 4.17. The molecule has 0 radical (unpaired) electrons. The first-order valence-electron chi connectivity index (χ1n) is 36.6. The topological polar surface area (TPSA) is 78.9 Å². The number of unbranched alkanes of at least 4 members (excludes halogenated alkanes) is 49. The van der Waals surface area contributed by atoms with Crippen LogP contribution in [-0.2, 0) is 28.6 Å². The monoisotopic (exact) mass is 1150 g/mol. The zero-order chi connectivity index (χ0) is 59.2. The van der Waals surface area contributed by atoms with E-state index in [1.807, 2.05) is 0 Å². The Labute approximate surface area is 511 Å². The third kappa shape index (κ3) is 68.2. The minimum absolute atomic E-state index is 0.0645. The average molecular weight is 1150 g/mol. The molecule has 0 aliphatic carbocycles. The van der Waals surface area contributed by atoms with Gasteiger partial charge in [-0.25, -0.2) is 0 Å². The van der Waals surface area contributed by atoms with Crippen molar-refractivity contribution in [3.63, 3.8) is 0 Å². The summed E-state index contributed by atoms with van der Waals surface area (Å²) >= 11 is 0. The van der Waals surface area contributed by atoms with Crippen LogP contribution in [0.4, 0.5) is 0 Å². The van der Waals surface area contributed by atoms with Crippen molar-refractivity contribution < 1.29 is 28.6 Å². The number of rotatable bonds is 68. The summed E-state index contributed by atoms with van der Waals surface area (Å²) in [6, 6.07) is 0. The number of carbonyl (C=O) groups is 3. The molecule has 0 aliphatic rings. The average Bonchev–Trinajstić information content (AvgIpc) is 3.47. The van der Waals surface area contributed by atoms with Crippen LogP contribution in [0.5, 0.6) is 0 Å². The highest BCUT2D eigenvalue weighted by Gasteiger charge is 2.19. The van der Waals surface area contributed by atoms with Crippen LogP contribution < -0.4 is 0 Å². The van der Waals surface area contributed by atoms with Gasteiger partial charge in [-0.3, -0.25) is 14.4 Å². The molecule has 0 rings (SSSR count). The molecule has 6 nitrogen and oxygen atoms in total. The second-order valence-corrected chi connectivity index (χ2v) is 24.8. The van der Waals surface area contributed by atoms with Crippen molar-refractivity contribution in [1.82, 2.24) is 0 Å². The lowest BCUT2D eigenvalue weighted by atomic mass is 10.0. The molecular formula is C76H140O6. The molecule has 0 aromatic carbocycles. The molecular weight excluding hydrogens is 1010 g/mol. The number of allylic oxidation sites excluding steroid dienone is 8. The quantitative estimate of drug-likeness (QED) is 0.0261.